The minimum Gasteiger partial charge on any atom is -0.464 e. The molecule has 4 aromatic heterocycles. The van der Waals surface area contributed by atoms with Gasteiger partial charge in [-0.05, 0) is 64.1 Å². The maximum atomic E-state index is 13.5. The number of aromatic nitrogens is 4. The van der Waals surface area contributed by atoms with Gasteiger partial charge in [0.25, 0.3) is 0 Å². The number of esters is 4. The van der Waals surface area contributed by atoms with Gasteiger partial charge in [0.05, 0.1) is 71.6 Å². The van der Waals surface area contributed by atoms with Crippen molar-refractivity contribution < 1.29 is 38.1 Å². The van der Waals surface area contributed by atoms with E-state index in [2.05, 4.69) is 0 Å². The summed E-state index contributed by atoms with van der Waals surface area (Å²) in [5.74, 6) is -3.24. The van der Waals surface area contributed by atoms with Crippen LogP contribution in [0.5, 0.6) is 0 Å². The highest BCUT2D eigenvalue weighted by Crippen LogP contribution is 2.29. The number of ether oxygens (including phenoxy) is 4. The zero-order valence-corrected chi connectivity index (χ0v) is 30.7. The van der Waals surface area contributed by atoms with Gasteiger partial charge in [0, 0.05) is 37.0 Å². The number of hydrogen-bond donors (Lipinski definition) is 0. The molecule has 0 atom stereocenters. The number of pyridine rings is 4. The quantitative estimate of drug-likeness (QED) is 0.0852. The number of benzene rings is 1. The van der Waals surface area contributed by atoms with Crippen LogP contribution in [0.25, 0.3) is 44.6 Å². The molecule has 280 valence electrons. The molecule has 0 unspecified atom stereocenters. The summed E-state index contributed by atoms with van der Waals surface area (Å²) in [5.41, 5.74) is 4.72. The third-order valence-electron chi connectivity index (χ3n) is 8.83. The Hall–Kier alpha value is -5.86. The fraction of sp³-hybridized carbons (Fsp3) is 0.350. The Morgan fingerprint density at radius 1 is 0.500 bits per heavy atom. The number of hydrogen-bond acceptors (Lipinski definition) is 14. The predicted molar refractivity (Wildman–Crippen MR) is 198 cm³/mol. The second kappa shape index (κ2) is 17.3. The number of carbonyl (C=O) groups is 4. The molecule has 0 fully saturated rings. The second-order valence-corrected chi connectivity index (χ2v) is 12.4. The van der Waals surface area contributed by atoms with Crippen LogP contribution in [0.1, 0.15) is 39.1 Å². The van der Waals surface area contributed by atoms with E-state index in [4.69, 9.17) is 38.9 Å². The molecule has 5 aromatic rings. The van der Waals surface area contributed by atoms with Crippen LogP contribution < -0.4 is 0 Å². The molecule has 14 nitrogen and oxygen atoms in total. The zero-order valence-electron chi connectivity index (χ0n) is 30.7. The molecule has 0 aliphatic carbocycles. The monoisotopic (exact) mass is 734 g/mol. The molecule has 5 heterocycles. The first kappa shape index (κ1) is 37.9. The fourth-order valence-electron chi connectivity index (χ4n) is 6.42. The first-order chi connectivity index (χ1) is 26.2. The van der Waals surface area contributed by atoms with Gasteiger partial charge in [0.1, 0.15) is 0 Å². The Morgan fingerprint density at radius 2 is 0.833 bits per heavy atom. The second-order valence-electron chi connectivity index (χ2n) is 12.4. The van der Waals surface area contributed by atoms with Crippen LogP contribution >= 0.6 is 0 Å². The van der Waals surface area contributed by atoms with Gasteiger partial charge in [-0.25, -0.2) is 39.1 Å². The standard InChI is InChI=1S/C40H42N6O8/c1-5-51-37(47)35(38(48)52-6-2)45-21-22-46(36(39(49)53-7-3)40(50)54-8-4)24-28-12-10-14-30(42-28)32-20-18-26-16-15-25-17-19-31(43-33(25)34(26)44-32)29-13-9-11-27(23-45)41-29/h9-20,35-36H,5-8,21-24H2,1-4H3. The first-order valence-electron chi connectivity index (χ1n) is 18.0. The average Bonchev–Trinajstić information content (AvgIpc) is 3.17. The number of rotatable bonds is 10. The highest BCUT2D eigenvalue weighted by Gasteiger charge is 2.39. The van der Waals surface area contributed by atoms with Crippen LogP contribution in [0.15, 0.2) is 72.8 Å². The summed E-state index contributed by atoms with van der Waals surface area (Å²) in [7, 11) is 0. The Bertz CT molecular complexity index is 1990. The summed E-state index contributed by atoms with van der Waals surface area (Å²) in [6.07, 6.45) is 0. The summed E-state index contributed by atoms with van der Waals surface area (Å²) in [4.78, 5) is 77.1. The van der Waals surface area contributed by atoms with E-state index < -0.39 is 36.0 Å². The SMILES string of the molecule is CCOC(=O)C(C(=O)OCC)N1CCN(C(C(=O)OCC)C(=O)OCC)Cc2cccc(n2)-c2ccc3ccc4ccc(nc4c3n2)-c2cccc(n2)C1. The van der Waals surface area contributed by atoms with Crippen molar-refractivity contribution in [3.63, 3.8) is 0 Å². The van der Waals surface area contributed by atoms with Crippen molar-refractivity contribution in [2.75, 3.05) is 39.5 Å². The lowest BCUT2D eigenvalue weighted by molar-refractivity contribution is -0.168. The van der Waals surface area contributed by atoms with Crippen LogP contribution in [0.2, 0.25) is 0 Å². The van der Waals surface area contributed by atoms with Gasteiger partial charge in [-0.3, -0.25) is 9.80 Å². The minimum atomic E-state index is -1.49. The maximum Gasteiger partial charge on any atom is 0.335 e. The molecule has 54 heavy (non-hydrogen) atoms. The Kier molecular flexibility index (Phi) is 12.1. The topological polar surface area (TPSA) is 163 Å². The smallest absolute Gasteiger partial charge is 0.335 e. The van der Waals surface area contributed by atoms with Gasteiger partial charge in [0.15, 0.2) is 0 Å². The predicted octanol–water partition coefficient (Wildman–Crippen LogP) is 4.51. The molecule has 0 radical (unpaired) electrons. The highest BCUT2D eigenvalue weighted by atomic mass is 16.6. The Labute approximate surface area is 312 Å². The van der Waals surface area contributed by atoms with Gasteiger partial charge < -0.3 is 18.9 Å². The third kappa shape index (κ3) is 8.35. The summed E-state index contributed by atoms with van der Waals surface area (Å²) < 4.78 is 21.5. The summed E-state index contributed by atoms with van der Waals surface area (Å²) >= 11 is 0. The number of nitrogens with zero attached hydrogens (tertiary/aromatic N) is 6. The molecule has 0 saturated carbocycles. The van der Waals surface area contributed by atoms with Crippen molar-refractivity contribution in [2.24, 2.45) is 0 Å². The van der Waals surface area contributed by atoms with E-state index in [9.17, 15) is 19.2 Å². The van der Waals surface area contributed by atoms with Crippen LogP contribution in [-0.4, -0.2) is 105 Å². The first-order valence-corrected chi connectivity index (χ1v) is 18.0. The number of fused-ring (bicyclic) bond motifs is 8. The van der Waals surface area contributed by atoms with E-state index in [0.29, 0.717) is 45.2 Å². The van der Waals surface area contributed by atoms with E-state index in [1.807, 2.05) is 60.7 Å². The lowest BCUT2D eigenvalue weighted by atomic mass is 10.1. The maximum absolute atomic E-state index is 13.5. The molecular weight excluding hydrogens is 692 g/mol. The molecule has 1 aliphatic heterocycles. The van der Waals surface area contributed by atoms with E-state index in [1.54, 1.807) is 49.6 Å². The van der Waals surface area contributed by atoms with Crippen molar-refractivity contribution in [1.82, 2.24) is 29.7 Å². The molecule has 6 rings (SSSR count). The Balaban J connectivity index is 1.56. The summed E-state index contributed by atoms with van der Waals surface area (Å²) in [6.45, 7) is 6.60. The third-order valence-corrected chi connectivity index (χ3v) is 8.83. The molecule has 0 amide bonds. The van der Waals surface area contributed by atoms with Crippen molar-refractivity contribution in [1.29, 1.82) is 0 Å². The van der Waals surface area contributed by atoms with Gasteiger partial charge in [-0.15, -0.1) is 0 Å². The average molecular weight is 735 g/mol. The van der Waals surface area contributed by atoms with Crippen molar-refractivity contribution in [3.05, 3.63) is 84.2 Å². The summed E-state index contributed by atoms with van der Waals surface area (Å²) in [6, 6.07) is 19.6. The molecular formula is C40H42N6O8. The molecule has 1 aromatic carbocycles. The highest BCUT2D eigenvalue weighted by molar-refractivity contribution is 6.04. The van der Waals surface area contributed by atoms with Crippen molar-refractivity contribution in [2.45, 2.75) is 52.9 Å². The van der Waals surface area contributed by atoms with E-state index in [1.165, 1.54) is 0 Å². The van der Waals surface area contributed by atoms with Gasteiger partial charge in [-0.1, -0.05) is 36.4 Å². The molecule has 0 spiro atoms. The van der Waals surface area contributed by atoms with E-state index >= 15 is 0 Å². The van der Waals surface area contributed by atoms with Gasteiger partial charge in [-0.2, -0.15) is 0 Å². The summed E-state index contributed by atoms with van der Waals surface area (Å²) in [5, 5.41) is 1.78. The van der Waals surface area contributed by atoms with Crippen molar-refractivity contribution >= 4 is 45.7 Å². The lowest BCUT2D eigenvalue weighted by Gasteiger charge is -2.33. The van der Waals surface area contributed by atoms with E-state index in [-0.39, 0.29) is 52.6 Å². The van der Waals surface area contributed by atoms with Gasteiger partial charge in [0.2, 0.25) is 12.1 Å². The van der Waals surface area contributed by atoms with Crippen LogP contribution in [-0.2, 0) is 51.2 Å². The van der Waals surface area contributed by atoms with E-state index in [0.717, 1.165) is 10.8 Å². The molecule has 0 N–H and O–H groups in total. The fourth-order valence-corrected chi connectivity index (χ4v) is 6.42. The van der Waals surface area contributed by atoms with Gasteiger partial charge >= 0.3 is 23.9 Å². The number of carbonyl (C=O) groups excluding carboxylic acids is 4. The molecule has 1 aliphatic rings. The molecule has 8 bridgehead atoms. The Morgan fingerprint density at radius 3 is 1.19 bits per heavy atom. The molecule has 14 heteroatoms. The zero-order chi connectivity index (χ0) is 38.2. The minimum absolute atomic E-state index is 0.0113. The van der Waals surface area contributed by atoms with Crippen molar-refractivity contribution in [3.8, 4) is 22.8 Å². The normalized spacial score (nSPS) is 13.7. The molecule has 0 saturated heterocycles. The largest absolute Gasteiger partial charge is 0.464 e. The van der Waals surface area contributed by atoms with Crippen LogP contribution in [0.3, 0.4) is 0 Å². The van der Waals surface area contributed by atoms with Crippen LogP contribution in [0, 0.1) is 0 Å². The lowest BCUT2D eigenvalue weighted by Crippen LogP contribution is -2.54. The van der Waals surface area contributed by atoms with Crippen LogP contribution in [0.4, 0.5) is 0 Å².